The van der Waals surface area contributed by atoms with Crippen molar-refractivity contribution in [3.63, 3.8) is 0 Å². The lowest BCUT2D eigenvalue weighted by Gasteiger charge is -2.39. The molecular formula is C19H20F2O. The van der Waals surface area contributed by atoms with Gasteiger partial charge in [0.1, 0.15) is 17.2 Å². The van der Waals surface area contributed by atoms with E-state index >= 15 is 0 Å². The first-order chi connectivity index (χ1) is 10.6. The minimum Gasteiger partial charge on any atom is -0.380 e. The monoisotopic (exact) mass is 302 g/mol. The van der Waals surface area contributed by atoms with Crippen molar-refractivity contribution in [2.24, 2.45) is 5.92 Å². The van der Waals surface area contributed by atoms with Crippen LogP contribution in [0.5, 0.6) is 0 Å². The topological polar surface area (TPSA) is 20.2 Å². The van der Waals surface area contributed by atoms with Crippen molar-refractivity contribution in [1.82, 2.24) is 0 Å². The summed E-state index contributed by atoms with van der Waals surface area (Å²) in [6.45, 7) is 0. The van der Waals surface area contributed by atoms with Gasteiger partial charge in [-0.25, -0.2) is 8.78 Å². The summed E-state index contributed by atoms with van der Waals surface area (Å²) < 4.78 is 26.5. The fourth-order valence-corrected chi connectivity index (χ4v) is 3.57. The van der Waals surface area contributed by atoms with Gasteiger partial charge in [-0.3, -0.25) is 0 Å². The van der Waals surface area contributed by atoms with Crippen LogP contribution < -0.4 is 0 Å². The van der Waals surface area contributed by atoms with E-state index in [1.54, 1.807) is 24.3 Å². The van der Waals surface area contributed by atoms with Crippen LogP contribution in [0.4, 0.5) is 8.78 Å². The first kappa shape index (κ1) is 15.2. The van der Waals surface area contributed by atoms with Crippen molar-refractivity contribution in [2.45, 2.75) is 37.7 Å². The lowest BCUT2D eigenvalue weighted by Crippen LogP contribution is -2.37. The highest BCUT2D eigenvalue weighted by atomic mass is 19.1. The van der Waals surface area contributed by atoms with Crippen LogP contribution in [0.2, 0.25) is 0 Å². The van der Waals surface area contributed by atoms with E-state index in [0.717, 1.165) is 25.7 Å². The number of hydrogen-bond donors (Lipinski definition) is 1. The summed E-state index contributed by atoms with van der Waals surface area (Å²) in [6, 6.07) is 12.0. The molecule has 1 aliphatic rings. The third-order valence-corrected chi connectivity index (χ3v) is 4.76. The molecule has 0 aromatic heterocycles. The molecule has 0 radical (unpaired) electrons. The molecular weight excluding hydrogens is 282 g/mol. The highest BCUT2D eigenvalue weighted by molar-refractivity contribution is 5.37. The smallest absolute Gasteiger partial charge is 0.123 e. The van der Waals surface area contributed by atoms with Crippen LogP contribution in [-0.2, 0) is 5.60 Å². The van der Waals surface area contributed by atoms with E-state index in [1.165, 1.54) is 30.7 Å². The van der Waals surface area contributed by atoms with Crippen molar-refractivity contribution in [2.75, 3.05) is 0 Å². The average molecular weight is 302 g/mol. The highest BCUT2D eigenvalue weighted by Crippen LogP contribution is 2.43. The third-order valence-electron chi connectivity index (χ3n) is 4.76. The maximum absolute atomic E-state index is 13.2. The molecule has 0 saturated heterocycles. The first-order valence-electron chi connectivity index (χ1n) is 7.85. The van der Waals surface area contributed by atoms with Crippen LogP contribution in [0.3, 0.4) is 0 Å². The fourth-order valence-electron chi connectivity index (χ4n) is 3.57. The second-order valence-corrected chi connectivity index (χ2v) is 6.12. The van der Waals surface area contributed by atoms with Gasteiger partial charge in [0.15, 0.2) is 0 Å². The van der Waals surface area contributed by atoms with E-state index < -0.39 is 5.60 Å². The van der Waals surface area contributed by atoms with E-state index in [9.17, 15) is 13.9 Å². The van der Waals surface area contributed by atoms with Gasteiger partial charge in [0.2, 0.25) is 0 Å². The predicted molar refractivity (Wildman–Crippen MR) is 82.4 cm³/mol. The van der Waals surface area contributed by atoms with Crippen LogP contribution in [0, 0.1) is 17.6 Å². The van der Waals surface area contributed by atoms with Gasteiger partial charge in [-0.2, -0.15) is 0 Å². The molecule has 0 unspecified atom stereocenters. The number of benzene rings is 2. The molecule has 0 bridgehead atoms. The molecule has 2 aromatic carbocycles. The minimum atomic E-state index is -1.19. The summed E-state index contributed by atoms with van der Waals surface area (Å²) in [7, 11) is 0. The molecule has 0 spiro atoms. The maximum atomic E-state index is 13.2. The van der Waals surface area contributed by atoms with Gasteiger partial charge in [-0.1, -0.05) is 43.5 Å². The van der Waals surface area contributed by atoms with Gasteiger partial charge >= 0.3 is 0 Å². The molecule has 2 aromatic rings. The Morgan fingerprint density at radius 2 is 1.14 bits per heavy atom. The van der Waals surface area contributed by atoms with Crippen LogP contribution in [0.25, 0.3) is 0 Å². The molecule has 0 amide bonds. The molecule has 0 atom stereocenters. The Labute approximate surface area is 129 Å². The van der Waals surface area contributed by atoms with Gasteiger partial charge in [-0.05, 0) is 54.2 Å². The average Bonchev–Trinajstić information content (AvgIpc) is 2.56. The van der Waals surface area contributed by atoms with Crippen molar-refractivity contribution in [1.29, 1.82) is 0 Å². The number of hydrogen-bond acceptors (Lipinski definition) is 1. The van der Waals surface area contributed by atoms with Crippen LogP contribution in [0.15, 0.2) is 48.5 Å². The molecule has 0 aliphatic heterocycles. The van der Waals surface area contributed by atoms with Gasteiger partial charge in [-0.15, -0.1) is 0 Å². The summed E-state index contributed by atoms with van der Waals surface area (Å²) in [4.78, 5) is 0. The second-order valence-electron chi connectivity index (χ2n) is 6.12. The molecule has 3 rings (SSSR count). The standard InChI is InChI=1S/C19H20F2O/c20-17-10-6-15(7-11-17)19(22,14-4-2-1-3-5-14)16-8-12-18(21)13-9-16/h6-14,22H,1-5H2. The molecule has 22 heavy (non-hydrogen) atoms. The lowest BCUT2D eigenvalue weighted by atomic mass is 9.70. The molecule has 1 aliphatic carbocycles. The summed E-state index contributed by atoms with van der Waals surface area (Å²) >= 11 is 0. The van der Waals surface area contributed by atoms with Crippen LogP contribution in [-0.4, -0.2) is 5.11 Å². The van der Waals surface area contributed by atoms with E-state index in [-0.39, 0.29) is 17.6 Å². The molecule has 1 fully saturated rings. The molecule has 1 saturated carbocycles. The molecule has 3 heteroatoms. The Balaban J connectivity index is 2.08. The second kappa shape index (κ2) is 6.17. The maximum Gasteiger partial charge on any atom is 0.123 e. The quantitative estimate of drug-likeness (QED) is 0.865. The van der Waals surface area contributed by atoms with Crippen molar-refractivity contribution in [3.8, 4) is 0 Å². The largest absolute Gasteiger partial charge is 0.380 e. The zero-order valence-corrected chi connectivity index (χ0v) is 12.4. The fraction of sp³-hybridized carbons (Fsp3) is 0.368. The van der Waals surface area contributed by atoms with Crippen molar-refractivity contribution >= 4 is 0 Å². The van der Waals surface area contributed by atoms with E-state index in [1.807, 2.05) is 0 Å². The number of rotatable bonds is 3. The summed E-state index contributed by atoms with van der Waals surface area (Å²) in [6.07, 6.45) is 5.18. The van der Waals surface area contributed by atoms with Crippen molar-refractivity contribution in [3.05, 3.63) is 71.3 Å². The van der Waals surface area contributed by atoms with E-state index in [2.05, 4.69) is 0 Å². The zero-order chi connectivity index (χ0) is 15.6. The van der Waals surface area contributed by atoms with Crippen molar-refractivity contribution < 1.29 is 13.9 Å². The number of halogens is 2. The van der Waals surface area contributed by atoms with Gasteiger partial charge in [0.25, 0.3) is 0 Å². The Morgan fingerprint density at radius 1 is 0.727 bits per heavy atom. The molecule has 1 N–H and O–H groups in total. The highest BCUT2D eigenvalue weighted by Gasteiger charge is 2.40. The van der Waals surface area contributed by atoms with Gasteiger partial charge < -0.3 is 5.11 Å². The van der Waals surface area contributed by atoms with Crippen LogP contribution >= 0.6 is 0 Å². The Kier molecular flexibility index (Phi) is 4.25. The van der Waals surface area contributed by atoms with E-state index in [0.29, 0.717) is 11.1 Å². The normalized spacial score (nSPS) is 16.7. The van der Waals surface area contributed by atoms with Gasteiger partial charge in [0.05, 0.1) is 0 Å². The van der Waals surface area contributed by atoms with E-state index in [4.69, 9.17) is 0 Å². The Morgan fingerprint density at radius 3 is 1.55 bits per heavy atom. The zero-order valence-electron chi connectivity index (χ0n) is 12.4. The SMILES string of the molecule is OC(c1ccc(F)cc1)(c1ccc(F)cc1)C1CCCCC1. The molecule has 116 valence electrons. The predicted octanol–water partition coefficient (Wildman–Crippen LogP) is 4.78. The lowest BCUT2D eigenvalue weighted by molar-refractivity contribution is -0.000809. The molecule has 0 heterocycles. The van der Waals surface area contributed by atoms with Gasteiger partial charge in [0, 0.05) is 0 Å². The first-order valence-corrected chi connectivity index (χ1v) is 7.85. The Bertz CT molecular complexity index is 567. The third kappa shape index (κ3) is 2.78. The van der Waals surface area contributed by atoms with Crippen LogP contribution in [0.1, 0.15) is 43.2 Å². The summed E-state index contributed by atoms with van der Waals surface area (Å²) in [5.41, 5.74) is 0.154. The summed E-state index contributed by atoms with van der Waals surface area (Å²) in [5, 5.41) is 11.5. The number of aliphatic hydroxyl groups is 1. The molecule has 1 nitrogen and oxygen atoms in total. The Hall–Kier alpha value is -1.74. The minimum absolute atomic E-state index is 0.0668. The summed E-state index contributed by atoms with van der Waals surface area (Å²) in [5.74, 6) is -0.583.